The maximum Gasteiger partial charge on any atom is 0.431 e. The van der Waals surface area contributed by atoms with Crippen LogP contribution in [0.1, 0.15) is 86.8 Å². The molecule has 1 aromatic heterocycles. The molecule has 14 nitrogen and oxygen atoms in total. The van der Waals surface area contributed by atoms with Gasteiger partial charge in [-0.05, 0) is 97.5 Å². The van der Waals surface area contributed by atoms with Crippen molar-refractivity contribution >= 4 is 23.6 Å². The van der Waals surface area contributed by atoms with Gasteiger partial charge >= 0.3 is 12.1 Å². The minimum Gasteiger partial charge on any atom is -0.457 e. The number of benzene rings is 1. The van der Waals surface area contributed by atoms with Crippen molar-refractivity contribution in [3.05, 3.63) is 48.2 Å². The summed E-state index contributed by atoms with van der Waals surface area (Å²) >= 11 is 0. The number of fused-ring (bicyclic) bond motifs is 1. The lowest BCUT2D eigenvalue weighted by atomic mass is 9.73. The molecule has 2 bridgehead atoms. The fourth-order valence-corrected chi connectivity index (χ4v) is 9.90. The maximum atomic E-state index is 14.4. The number of rotatable bonds is 10. The highest BCUT2D eigenvalue weighted by Gasteiger charge is 2.63. The van der Waals surface area contributed by atoms with E-state index in [1.807, 2.05) is 71.8 Å². The first kappa shape index (κ1) is 43.8. The topological polar surface area (TPSA) is 155 Å². The normalized spacial score (nSPS) is 37.4. The van der Waals surface area contributed by atoms with Gasteiger partial charge in [0.2, 0.25) is 0 Å². The largest absolute Gasteiger partial charge is 0.457 e. The van der Waals surface area contributed by atoms with E-state index >= 15 is 0 Å². The van der Waals surface area contributed by atoms with Crippen molar-refractivity contribution in [1.82, 2.24) is 20.0 Å². The number of carbonyl (C=O) groups is 3. The molecule has 4 aliphatic rings. The van der Waals surface area contributed by atoms with E-state index in [4.69, 9.17) is 28.8 Å². The first-order valence-corrected chi connectivity index (χ1v) is 21.0. The van der Waals surface area contributed by atoms with Crippen LogP contribution >= 0.6 is 0 Å². The van der Waals surface area contributed by atoms with Gasteiger partial charge in [0.05, 0.1) is 24.4 Å². The fraction of sp³-hybridized carbons (Fsp3) is 0.682. The molecule has 0 aliphatic carbocycles. The van der Waals surface area contributed by atoms with Crippen molar-refractivity contribution < 1.29 is 43.2 Å². The number of hydrogen-bond donors (Lipinski definition) is 2. The van der Waals surface area contributed by atoms with Gasteiger partial charge in [0.25, 0.3) is 0 Å². The Morgan fingerprint density at radius 1 is 1.02 bits per heavy atom. The van der Waals surface area contributed by atoms with Gasteiger partial charge in [-0.2, -0.15) is 15.2 Å². The number of hydrazone groups is 1. The summed E-state index contributed by atoms with van der Waals surface area (Å²) in [6, 6.07) is 13.5. The Balaban J connectivity index is 1.37. The zero-order valence-electron chi connectivity index (χ0n) is 36.1. The van der Waals surface area contributed by atoms with Gasteiger partial charge in [0.1, 0.15) is 24.2 Å². The zero-order valence-corrected chi connectivity index (χ0v) is 36.1. The Morgan fingerprint density at radius 2 is 1.72 bits per heavy atom. The Bertz CT molecular complexity index is 1800. The van der Waals surface area contributed by atoms with E-state index in [1.54, 1.807) is 24.2 Å². The van der Waals surface area contributed by atoms with Gasteiger partial charge in [-0.1, -0.05) is 58.0 Å². The molecule has 6 rings (SSSR count). The van der Waals surface area contributed by atoms with Gasteiger partial charge in [-0.25, -0.2) is 4.79 Å². The second-order valence-corrected chi connectivity index (χ2v) is 17.6. The highest BCUT2D eigenvalue weighted by atomic mass is 16.7. The predicted molar refractivity (Wildman–Crippen MR) is 218 cm³/mol. The van der Waals surface area contributed by atoms with Crippen molar-refractivity contribution in [1.29, 1.82) is 0 Å². The number of carbonyl (C=O) groups excluding carboxylic acids is 3. The van der Waals surface area contributed by atoms with Crippen molar-refractivity contribution in [3.8, 4) is 11.3 Å². The summed E-state index contributed by atoms with van der Waals surface area (Å²) in [6.45, 7) is 15.3. The number of ketones is 1. The first-order valence-electron chi connectivity index (χ1n) is 21.0. The van der Waals surface area contributed by atoms with Crippen LogP contribution in [0.15, 0.2) is 47.6 Å². The van der Waals surface area contributed by atoms with Crippen molar-refractivity contribution in [2.75, 3.05) is 27.7 Å². The number of H-pyrrole nitrogens is 1. The lowest BCUT2D eigenvalue weighted by Gasteiger charge is -2.49. The number of amides is 1. The molecule has 0 radical (unpaired) electrons. The Hall–Kier alpha value is -3.82. The number of aryl methyl sites for hydroxylation is 1. The number of nitrogens with zero attached hydrogens (tertiary/aromatic N) is 4. The summed E-state index contributed by atoms with van der Waals surface area (Å²) in [5, 5.41) is 20.1. The Morgan fingerprint density at radius 3 is 2.38 bits per heavy atom. The SMILES string of the molecule is CC[C@H]1OC(=O)[C@H](C)C(=O)[C@H](C)[C@@H](O[C@H]2O[C@@H](C)C[C@@H](N(C)C)[C@@H]2O)C(C)(OC)C[C@@H](C)C2=NN(CCCc3ccc(-c4ccccc4)[nH]3)N3C(=O)O[C@@]1(C)[C@H]3[C@H]2C. The van der Waals surface area contributed by atoms with E-state index < -0.39 is 71.5 Å². The van der Waals surface area contributed by atoms with Crippen LogP contribution in [0.25, 0.3) is 11.3 Å². The van der Waals surface area contributed by atoms with Crippen molar-refractivity contribution in [3.63, 3.8) is 0 Å². The fourth-order valence-electron chi connectivity index (χ4n) is 9.90. The van der Waals surface area contributed by atoms with E-state index in [0.717, 1.165) is 22.7 Å². The Kier molecular flexibility index (Phi) is 13.1. The number of ether oxygens (including phenoxy) is 5. The first-order chi connectivity index (χ1) is 27.4. The van der Waals surface area contributed by atoms with Gasteiger partial charge in [0, 0.05) is 42.1 Å². The van der Waals surface area contributed by atoms with E-state index in [1.165, 1.54) is 6.92 Å². The highest BCUT2D eigenvalue weighted by Crippen LogP contribution is 2.46. The number of cyclic esters (lactones) is 1. The van der Waals surface area contributed by atoms with Crippen LogP contribution in [0.5, 0.6) is 0 Å². The summed E-state index contributed by atoms with van der Waals surface area (Å²) < 4.78 is 31.8. The predicted octanol–water partition coefficient (Wildman–Crippen LogP) is 5.84. The number of aromatic nitrogens is 1. The molecular weight excluding hydrogens is 743 g/mol. The molecule has 2 aromatic rings. The van der Waals surface area contributed by atoms with Gasteiger partial charge in [-0.3, -0.25) is 9.59 Å². The molecule has 0 saturated carbocycles. The van der Waals surface area contributed by atoms with E-state index in [0.29, 0.717) is 38.6 Å². The van der Waals surface area contributed by atoms with E-state index in [-0.39, 0.29) is 24.0 Å². The lowest BCUT2D eigenvalue weighted by molar-refractivity contribution is -0.295. The molecule has 3 fully saturated rings. The van der Waals surface area contributed by atoms with Crippen molar-refractivity contribution in [2.45, 2.75) is 141 Å². The molecule has 0 spiro atoms. The number of Topliss-reactive ketones (excluding diaryl/α,β-unsaturated/α-hetero) is 1. The number of likely N-dealkylation sites (N-methyl/N-ethyl adjacent to an activating group) is 1. The van der Waals surface area contributed by atoms with E-state index in [2.05, 4.69) is 36.2 Å². The molecule has 320 valence electrons. The second-order valence-electron chi connectivity index (χ2n) is 17.6. The molecule has 1 unspecified atom stereocenters. The molecule has 58 heavy (non-hydrogen) atoms. The Labute approximate surface area is 343 Å². The quantitative estimate of drug-likeness (QED) is 0.220. The van der Waals surface area contributed by atoms with Crippen LogP contribution < -0.4 is 0 Å². The molecule has 2 N–H and O–H groups in total. The second kappa shape index (κ2) is 17.4. The summed E-state index contributed by atoms with van der Waals surface area (Å²) in [5.41, 5.74) is 1.64. The number of aromatic amines is 1. The third-order valence-corrected chi connectivity index (χ3v) is 13.2. The molecule has 3 saturated heterocycles. The summed E-state index contributed by atoms with van der Waals surface area (Å²) in [6.07, 6.45) is -1.97. The molecule has 1 aromatic carbocycles. The average molecular weight is 808 g/mol. The third kappa shape index (κ3) is 8.32. The molecule has 13 atom stereocenters. The standard InChI is InChI=1S/C44H65N5O9/c1-12-34-44(8)38-27(4)35(46-48(49(38)42(53)58-44)22-16-19-31-20-21-32(45-31)30-17-14-13-15-18-30)25(2)24-43(7,54-11)39(28(5)36(50)29(6)40(52)56-34)57-41-37(51)33(47(9)10)23-26(3)55-41/h13-15,17-18,20-21,25-29,33-34,37-39,41,45,51H,12,16,19,22-24H2,1-11H3/t25-,26+,27+,28+,29-,33-,34-,37+,38-,39-,41-,43?,44-/m1/s1. The number of methoxy groups -OCH3 is 1. The van der Waals surface area contributed by atoms with Crippen LogP contribution in [0.2, 0.25) is 0 Å². The number of hydrogen-bond acceptors (Lipinski definition) is 12. The number of esters is 1. The minimum atomic E-state index is -1.26. The molecule has 5 heterocycles. The smallest absolute Gasteiger partial charge is 0.431 e. The average Bonchev–Trinajstić information content (AvgIpc) is 3.78. The van der Waals surface area contributed by atoms with Gasteiger partial charge in [-0.15, -0.1) is 0 Å². The van der Waals surface area contributed by atoms with Crippen LogP contribution in [0.4, 0.5) is 4.79 Å². The summed E-state index contributed by atoms with van der Waals surface area (Å²) in [4.78, 5) is 47.8. The van der Waals surface area contributed by atoms with Gasteiger partial charge in [0.15, 0.2) is 17.7 Å². The van der Waals surface area contributed by atoms with Crippen LogP contribution in [0, 0.1) is 23.7 Å². The number of aliphatic hydroxyl groups is 1. The summed E-state index contributed by atoms with van der Waals surface area (Å²) in [5.74, 6) is -3.74. The minimum absolute atomic E-state index is 0.224. The van der Waals surface area contributed by atoms with Crippen LogP contribution in [-0.4, -0.2) is 130 Å². The van der Waals surface area contributed by atoms with Gasteiger partial charge < -0.3 is 38.7 Å². The zero-order chi connectivity index (χ0) is 42.3. The number of nitrogens with one attached hydrogen (secondary N) is 1. The number of hydrazine groups is 1. The summed E-state index contributed by atoms with van der Waals surface area (Å²) in [7, 11) is 5.39. The monoisotopic (exact) mass is 807 g/mol. The molecule has 14 heteroatoms. The highest BCUT2D eigenvalue weighted by molar-refractivity contribution is 6.00. The third-order valence-electron chi connectivity index (χ3n) is 13.2. The lowest BCUT2D eigenvalue weighted by Crippen LogP contribution is -2.63. The molecule has 1 amide bonds. The molecule has 4 aliphatic heterocycles. The van der Waals surface area contributed by atoms with Crippen LogP contribution in [0.3, 0.4) is 0 Å². The maximum absolute atomic E-state index is 14.4. The molecular formula is C44H65N5O9. The van der Waals surface area contributed by atoms with Crippen LogP contribution in [-0.2, 0) is 39.7 Å². The van der Waals surface area contributed by atoms with Crippen molar-refractivity contribution in [2.24, 2.45) is 28.8 Å². The number of aliphatic hydroxyl groups excluding tert-OH is 1. The van der Waals surface area contributed by atoms with E-state index in [9.17, 15) is 19.5 Å².